The Kier molecular flexibility index (Phi) is 10.6. The quantitative estimate of drug-likeness (QED) is 0.0605. The molecule has 0 bridgehead atoms. The number of carbonyl (C=O) groups excluding carboxylic acids is 2. The lowest BCUT2D eigenvalue weighted by atomic mass is 9.87. The molecule has 8 heteroatoms. The van der Waals surface area contributed by atoms with Gasteiger partial charge in [0, 0.05) is 46.5 Å². The van der Waals surface area contributed by atoms with Gasteiger partial charge >= 0.3 is 0 Å². The predicted molar refractivity (Wildman–Crippen MR) is 166 cm³/mol. The van der Waals surface area contributed by atoms with E-state index in [-0.39, 0.29) is 22.9 Å². The molecule has 0 N–H and O–H groups in total. The van der Waals surface area contributed by atoms with Crippen molar-refractivity contribution in [3.05, 3.63) is 151 Å². The summed E-state index contributed by atoms with van der Waals surface area (Å²) >= 11 is 0. The molecule has 0 amide bonds. The molecule has 220 valence electrons. The summed E-state index contributed by atoms with van der Waals surface area (Å²) in [5.41, 5.74) is 4.03. The minimum Gasteiger partial charge on any atom is -0.289 e. The molecule has 0 aromatic heterocycles. The van der Waals surface area contributed by atoms with Crippen molar-refractivity contribution in [3.63, 3.8) is 0 Å². The fraction of sp³-hybridized carbons (Fsp3) is 0.257. The van der Waals surface area contributed by atoms with Crippen LogP contribution in [-0.2, 0) is 12.8 Å². The van der Waals surface area contributed by atoms with Crippen molar-refractivity contribution < 1.29 is 19.4 Å². The Morgan fingerprint density at radius 2 is 0.907 bits per heavy atom. The first-order chi connectivity index (χ1) is 20.7. The Balaban J connectivity index is 1.42. The number of benzene rings is 4. The van der Waals surface area contributed by atoms with E-state index in [0.717, 1.165) is 36.8 Å². The minimum atomic E-state index is -0.489. The minimum absolute atomic E-state index is 0.0531. The summed E-state index contributed by atoms with van der Waals surface area (Å²) < 4.78 is 0. The van der Waals surface area contributed by atoms with Gasteiger partial charge in [0.2, 0.25) is 0 Å². The van der Waals surface area contributed by atoms with Gasteiger partial charge in [0.15, 0.2) is 11.6 Å². The molecule has 8 nitrogen and oxygen atoms in total. The van der Waals surface area contributed by atoms with E-state index < -0.39 is 9.85 Å². The normalized spacial score (nSPS) is 10.9. The molecule has 0 radical (unpaired) electrons. The van der Waals surface area contributed by atoms with Gasteiger partial charge in [-0.15, -0.1) is 0 Å². The van der Waals surface area contributed by atoms with Crippen LogP contribution in [-0.4, -0.2) is 21.4 Å². The van der Waals surface area contributed by atoms with E-state index >= 15 is 0 Å². The number of nitro groups is 2. The lowest BCUT2D eigenvalue weighted by Gasteiger charge is -2.18. The topological polar surface area (TPSA) is 120 Å². The number of nitrogens with zero attached hydrogens (tertiary/aromatic N) is 2. The van der Waals surface area contributed by atoms with Gasteiger partial charge in [-0.2, -0.15) is 0 Å². The molecule has 0 saturated heterocycles. The Bertz CT molecular complexity index is 1450. The second kappa shape index (κ2) is 14.8. The van der Waals surface area contributed by atoms with Gasteiger partial charge in [0.25, 0.3) is 11.4 Å². The monoisotopic (exact) mass is 578 g/mol. The largest absolute Gasteiger partial charge is 0.289 e. The molecule has 4 aromatic carbocycles. The average Bonchev–Trinajstić information content (AvgIpc) is 3.03. The zero-order valence-electron chi connectivity index (χ0n) is 24.1. The summed E-state index contributed by atoms with van der Waals surface area (Å²) in [6, 6.07) is 26.4. The maximum atomic E-state index is 12.9. The number of nitro benzene ring substituents is 2. The van der Waals surface area contributed by atoms with E-state index in [4.69, 9.17) is 0 Å². The zero-order chi connectivity index (χ0) is 30.8. The lowest BCUT2D eigenvalue weighted by Crippen LogP contribution is -2.10. The molecule has 0 aliphatic heterocycles. The first-order valence-electron chi connectivity index (χ1n) is 14.5. The maximum Gasteiger partial charge on any atom is 0.269 e. The van der Waals surface area contributed by atoms with Crippen LogP contribution >= 0.6 is 0 Å². The molecule has 0 heterocycles. The van der Waals surface area contributed by atoms with Crippen molar-refractivity contribution in [1.29, 1.82) is 0 Å². The molecule has 43 heavy (non-hydrogen) atoms. The third-order valence-electron chi connectivity index (χ3n) is 7.63. The third kappa shape index (κ3) is 8.52. The number of non-ortho nitro benzene ring substituents is 2. The van der Waals surface area contributed by atoms with Gasteiger partial charge in [-0.1, -0.05) is 81.1 Å². The average molecular weight is 579 g/mol. The standard InChI is InChI=1S/C35H34N2O6/c1-2-3-4-5-6-27(23-25-7-11-28(12-8-25)34(38)30-15-19-32(20-16-30)36(40)41)24-26-9-13-29(14-10-26)35(39)31-17-21-33(22-18-31)37(42)43/h7-22,27H,2-6,23-24H2,1H3. The van der Waals surface area contributed by atoms with Crippen LogP contribution in [0.2, 0.25) is 0 Å². The summed E-state index contributed by atoms with van der Waals surface area (Å²) in [6.07, 6.45) is 7.44. The zero-order valence-corrected chi connectivity index (χ0v) is 24.1. The molecule has 4 aromatic rings. The number of rotatable bonds is 15. The Hall–Kier alpha value is -4.98. The molecule has 0 saturated carbocycles. The summed E-state index contributed by atoms with van der Waals surface area (Å²) in [6.45, 7) is 2.19. The Morgan fingerprint density at radius 1 is 0.558 bits per heavy atom. The first kappa shape index (κ1) is 31.0. The van der Waals surface area contributed by atoms with Gasteiger partial charge in [-0.05, 0) is 60.6 Å². The molecule has 0 aliphatic carbocycles. The fourth-order valence-corrected chi connectivity index (χ4v) is 5.19. The third-order valence-corrected chi connectivity index (χ3v) is 7.63. The first-order valence-corrected chi connectivity index (χ1v) is 14.5. The van der Waals surface area contributed by atoms with Crippen LogP contribution in [0.4, 0.5) is 11.4 Å². The van der Waals surface area contributed by atoms with E-state index in [1.54, 1.807) is 0 Å². The van der Waals surface area contributed by atoms with E-state index in [1.165, 1.54) is 67.8 Å². The highest BCUT2D eigenvalue weighted by Crippen LogP contribution is 2.24. The van der Waals surface area contributed by atoms with Gasteiger partial charge < -0.3 is 0 Å². The second-order valence-corrected chi connectivity index (χ2v) is 10.8. The number of ketones is 2. The second-order valence-electron chi connectivity index (χ2n) is 10.8. The van der Waals surface area contributed by atoms with Crippen LogP contribution in [0.5, 0.6) is 0 Å². The van der Waals surface area contributed by atoms with Crippen LogP contribution < -0.4 is 0 Å². The summed E-state index contributed by atoms with van der Waals surface area (Å²) in [5, 5.41) is 21.8. The van der Waals surface area contributed by atoms with Crippen LogP contribution in [0.3, 0.4) is 0 Å². The molecule has 0 atom stereocenters. The van der Waals surface area contributed by atoms with Gasteiger partial charge in [0.1, 0.15) is 0 Å². The smallest absolute Gasteiger partial charge is 0.269 e. The highest BCUT2D eigenvalue weighted by atomic mass is 16.6. The van der Waals surface area contributed by atoms with Crippen molar-refractivity contribution in [3.8, 4) is 0 Å². The fourth-order valence-electron chi connectivity index (χ4n) is 5.19. The maximum absolute atomic E-state index is 12.9. The molecule has 0 fully saturated rings. The number of unbranched alkanes of at least 4 members (excludes halogenated alkanes) is 3. The molecular weight excluding hydrogens is 544 g/mol. The van der Waals surface area contributed by atoms with Gasteiger partial charge in [-0.25, -0.2) is 0 Å². The van der Waals surface area contributed by atoms with Crippen molar-refractivity contribution in [2.75, 3.05) is 0 Å². The molecule has 0 spiro atoms. The van der Waals surface area contributed by atoms with Crippen molar-refractivity contribution in [2.24, 2.45) is 5.92 Å². The van der Waals surface area contributed by atoms with Crippen molar-refractivity contribution in [2.45, 2.75) is 51.9 Å². The Morgan fingerprint density at radius 3 is 1.23 bits per heavy atom. The van der Waals surface area contributed by atoms with Crippen LogP contribution in [0, 0.1) is 26.1 Å². The van der Waals surface area contributed by atoms with Crippen LogP contribution in [0.15, 0.2) is 97.1 Å². The highest BCUT2D eigenvalue weighted by molar-refractivity contribution is 6.09. The summed E-state index contributed by atoms with van der Waals surface area (Å²) in [7, 11) is 0. The van der Waals surface area contributed by atoms with E-state index in [1.807, 2.05) is 48.5 Å². The molecule has 0 unspecified atom stereocenters. The summed E-state index contributed by atoms with van der Waals surface area (Å²) in [5.74, 6) is 0.0196. The van der Waals surface area contributed by atoms with E-state index in [2.05, 4.69) is 6.92 Å². The SMILES string of the molecule is CCCCCCC(Cc1ccc(C(=O)c2ccc([N+](=O)[O-])cc2)cc1)Cc1ccc(C(=O)c2ccc([N+](=O)[O-])cc2)cc1. The predicted octanol–water partition coefficient (Wildman–Crippen LogP) is 8.34. The molecule has 0 aliphatic rings. The van der Waals surface area contributed by atoms with Crippen LogP contribution in [0.1, 0.15) is 82.0 Å². The van der Waals surface area contributed by atoms with Crippen molar-refractivity contribution in [1.82, 2.24) is 0 Å². The van der Waals surface area contributed by atoms with Gasteiger partial charge in [0.05, 0.1) is 9.85 Å². The van der Waals surface area contributed by atoms with Gasteiger partial charge in [-0.3, -0.25) is 29.8 Å². The number of carbonyl (C=O) groups is 2. The molecule has 4 rings (SSSR count). The lowest BCUT2D eigenvalue weighted by molar-refractivity contribution is -0.385. The van der Waals surface area contributed by atoms with Crippen molar-refractivity contribution >= 4 is 22.9 Å². The molecular formula is C35H34N2O6. The van der Waals surface area contributed by atoms with Crippen LogP contribution in [0.25, 0.3) is 0 Å². The van der Waals surface area contributed by atoms with E-state index in [9.17, 15) is 29.8 Å². The van der Waals surface area contributed by atoms with E-state index in [0.29, 0.717) is 28.2 Å². The Labute approximate surface area is 250 Å². The summed E-state index contributed by atoms with van der Waals surface area (Å²) in [4.78, 5) is 46.6. The number of hydrogen-bond donors (Lipinski definition) is 0. The highest BCUT2D eigenvalue weighted by Gasteiger charge is 2.16. The number of hydrogen-bond acceptors (Lipinski definition) is 6.